The van der Waals surface area contributed by atoms with Crippen molar-refractivity contribution in [2.75, 3.05) is 25.6 Å². The highest BCUT2D eigenvalue weighted by Gasteiger charge is 2.46. The number of epoxide rings is 1. The van der Waals surface area contributed by atoms with Gasteiger partial charge >= 0.3 is 33.3 Å². The smallest absolute Gasteiger partial charge is 0.462 e. The van der Waals surface area contributed by atoms with E-state index in [4.69, 9.17) is 33.7 Å². The number of unbranched alkanes of at least 4 members (excludes halogenated alkanes) is 15. The minimum absolute atomic E-state index is 0.0791. The maximum absolute atomic E-state index is 12.9. The number of nitrogens with zero attached hydrogens (tertiary/aromatic N) is 2. The standard InChI is InChI=1S/C56H93N3O16P2/c1-4-5-30-36-47-48(73-47)37-32-27-23-19-15-12-13-17-21-25-29-34-39-52(61)72-46(42-69-51(60)38-33-28-24-20-16-11-9-7-6-8-10-14-18-22-26-31-35-45(2)3)43-70-76(65,66)75-77(67,68)71-44-49-53(62)54(63)55(74-49)59-41-40-50(57)58-56(59)64/h5,13,15,17,19,25,27,29-30,32,40-41,45-49,53-55,62-63H,4,6-12,14,16,18,20-24,26,28,31,33-39,42-44H2,1-3H3,(H,65,66)(H,67,68)(H2,57,58,64)/b17-13-,19-15-,29-25-,30-5-,32-27-/t46-,47?,48?,49-,53-,54-,55-/m1/s1. The Labute approximate surface area is 457 Å². The number of anilines is 1. The van der Waals surface area contributed by atoms with Crippen molar-refractivity contribution < 1.29 is 71.0 Å². The van der Waals surface area contributed by atoms with Gasteiger partial charge in [-0.1, -0.05) is 184 Å². The Kier molecular flexibility index (Phi) is 34.9. The van der Waals surface area contributed by atoms with Crippen LogP contribution in [0.25, 0.3) is 0 Å². The SMILES string of the molecule is CC/C=C\CC1OC1C/C=C\C/C=C\C/C=C\C/C=C\CCC(=O)O[C@H](COC(=O)CCCCCCCCCCCCCCCCCCC(C)C)COP(=O)(O)OP(=O)(O)OC[C@H]1O[C@@H](n2ccc(N)nc2=O)[C@H](O)[C@@H]1O. The monoisotopic (exact) mass is 1130 g/mol. The number of allylic oxidation sites excluding steroid dienone is 8. The molecule has 0 bridgehead atoms. The summed E-state index contributed by atoms with van der Waals surface area (Å²) in [7, 11) is -10.9. The summed E-state index contributed by atoms with van der Waals surface area (Å²) in [5.74, 6) is -0.591. The van der Waals surface area contributed by atoms with Crippen molar-refractivity contribution in [3.05, 3.63) is 83.5 Å². The molecule has 9 atom stereocenters. The minimum Gasteiger partial charge on any atom is -0.462 e. The third-order valence-corrected chi connectivity index (χ3v) is 15.6. The first-order chi connectivity index (χ1) is 37.0. The summed E-state index contributed by atoms with van der Waals surface area (Å²) in [6, 6.07) is 1.24. The molecule has 0 amide bonds. The summed E-state index contributed by atoms with van der Waals surface area (Å²) in [6.07, 6.45) is 40.7. The third kappa shape index (κ3) is 32.3. The second kappa shape index (κ2) is 39.7. The second-order valence-corrected chi connectivity index (χ2v) is 23.3. The van der Waals surface area contributed by atoms with Crippen LogP contribution < -0.4 is 11.4 Å². The molecule has 4 unspecified atom stereocenters. The molecule has 1 aromatic rings. The number of phosphoric ester groups is 2. The highest BCUT2D eigenvalue weighted by molar-refractivity contribution is 7.61. The summed E-state index contributed by atoms with van der Waals surface area (Å²) < 4.78 is 62.6. The van der Waals surface area contributed by atoms with Crippen LogP contribution in [-0.2, 0) is 51.0 Å². The van der Waals surface area contributed by atoms with Crippen molar-refractivity contribution >= 4 is 33.4 Å². The molecule has 2 aliphatic rings. The van der Waals surface area contributed by atoms with Gasteiger partial charge in [0, 0.05) is 19.0 Å². The van der Waals surface area contributed by atoms with Crippen molar-refractivity contribution in [2.45, 2.75) is 231 Å². The van der Waals surface area contributed by atoms with Crippen LogP contribution in [0.2, 0.25) is 0 Å². The van der Waals surface area contributed by atoms with E-state index in [1.807, 2.05) is 24.3 Å². The first-order valence-corrected chi connectivity index (χ1v) is 31.3. The summed E-state index contributed by atoms with van der Waals surface area (Å²) in [4.78, 5) is 62.1. The summed E-state index contributed by atoms with van der Waals surface area (Å²) in [6.45, 7) is 4.33. The molecular formula is C56H93N3O16P2. The lowest BCUT2D eigenvalue weighted by atomic mass is 10.0. The zero-order valence-corrected chi connectivity index (χ0v) is 47.9. The summed E-state index contributed by atoms with van der Waals surface area (Å²) >= 11 is 0. The average molecular weight is 1130 g/mol. The Morgan fingerprint density at radius 2 is 1.19 bits per heavy atom. The van der Waals surface area contributed by atoms with Crippen molar-refractivity contribution in [2.24, 2.45) is 5.92 Å². The summed E-state index contributed by atoms with van der Waals surface area (Å²) in [5.41, 5.74) is 4.59. The average Bonchev–Trinajstić information content (AvgIpc) is 4.07. The van der Waals surface area contributed by atoms with Crippen LogP contribution in [0.5, 0.6) is 0 Å². The lowest BCUT2D eigenvalue weighted by molar-refractivity contribution is -0.161. The molecule has 2 saturated heterocycles. The van der Waals surface area contributed by atoms with Crippen molar-refractivity contribution in [1.82, 2.24) is 9.55 Å². The Hall–Kier alpha value is -3.58. The van der Waals surface area contributed by atoms with Gasteiger partial charge in [0.2, 0.25) is 0 Å². The maximum atomic E-state index is 12.9. The Balaban J connectivity index is 1.38. The number of carbonyl (C=O) groups excluding carboxylic acids is 2. The normalized spacial score (nSPS) is 21.8. The van der Waals surface area contributed by atoms with Crippen LogP contribution in [0.15, 0.2) is 77.8 Å². The van der Waals surface area contributed by atoms with Gasteiger partial charge in [-0.2, -0.15) is 9.29 Å². The zero-order chi connectivity index (χ0) is 56.2. The molecule has 0 aromatic carbocycles. The first-order valence-electron chi connectivity index (χ1n) is 28.3. The number of ether oxygens (including phenoxy) is 4. The fraction of sp³-hybridized carbons (Fsp3) is 0.714. The van der Waals surface area contributed by atoms with Crippen LogP contribution in [0, 0.1) is 5.92 Å². The van der Waals surface area contributed by atoms with Crippen molar-refractivity contribution in [3.8, 4) is 0 Å². The zero-order valence-electron chi connectivity index (χ0n) is 46.1. The van der Waals surface area contributed by atoms with Gasteiger partial charge in [0.25, 0.3) is 0 Å². The third-order valence-electron chi connectivity index (χ3n) is 13.0. The molecule has 438 valence electrons. The van der Waals surface area contributed by atoms with E-state index in [0.717, 1.165) is 74.5 Å². The Morgan fingerprint density at radius 3 is 1.75 bits per heavy atom. The van der Waals surface area contributed by atoms with Gasteiger partial charge in [0.05, 0.1) is 25.4 Å². The first kappa shape index (κ1) is 67.7. The molecule has 6 N–H and O–H groups in total. The predicted octanol–water partition coefficient (Wildman–Crippen LogP) is 11.5. The topological polar surface area (TPSA) is 278 Å². The van der Waals surface area contributed by atoms with Gasteiger partial charge < -0.3 is 44.7 Å². The Bertz CT molecular complexity index is 2110. The van der Waals surface area contributed by atoms with E-state index in [-0.39, 0.29) is 18.7 Å². The summed E-state index contributed by atoms with van der Waals surface area (Å²) in [5, 5.41) is 21.0. The molecular weight excluding hydrogens is 1030 g/mol. The van der Waals surface area contributed by atoms with Crippen LogP contribution in [0.1, 0.15) is 194 Å². The van der Waals surface area contributed by atoms with E-state index in [2.05, 4.69) is 66.5 Å². The van der Waals surface area contributed by atoms with E-state index >= 15 is 0 Å². The van der Waals surface area contributed by atoms with Crippen molar-refractivity contribution in [3.63, 3.8) is 0 Å². The number of esters is 2. The van der Waals surface area contributed by atoms with E-state index in [9.17, 15) is 43.5 Å². The number of hydrogen-bond acceptors (Lipinski definition) is 16. The van der Waals surface area contributed by atoms with Gasteiger partial charge in [-0.15, -0.1) is 0 Å². The molecule has 0 saturated carbocycles. The number of aliphatic hydroxyl groups is 2. The fourth-order valence-electron chi connectivity index (χ4n) is 8.51. The van der Waals surface area contributed by atoms with Crippen LogP contribution in [0.3, 0.4) is 0 Å². The molecule has 3 heterocycles. The van der Waals surface area contributed by atoms with Gasteiger partial charge in [-0.3, -0.25) is 23.2 Å². The number of aromatic nitrogens is 2. The molecule has 1 aromatic heterocycles. The minimum atomic E-state index is -5.45. The molecule has 0 spiro atoms. The predicted molar refractivity (Wildman–Crippen MR) is 297 cm³/mol. The van der Waals surface area contributed by atoms with E-state index in [1.165, 1.54) is 83.1 Å². The number of phosphoric acid groups is 2. The highest BCUT2D eigenvalue weighted by Crippen LogP contribution is 2.60. The van der Waals surface area contributed by atoms with E-state index in [0.29, 0.717) is 31.5 Å². The van der Waals surface area contributed by atoms with Gasteiger partial charge in [0.1, 0.15) is 30.7 Å². The van der Waals surface area contributed by atoms with Crippen LogP contribution in [-0.4, -0.2) is 97.9 Å². The molecule has 3 rings (SSSR count). The molecule has 21 heteroatoms. The largest absolute Gasteiger partial charge is 0.481 e. The molecule has 0 radical (unpaired) electrons. The maximum Gasteiger partial charge on any atom is 0.481 e. The van der Waals surface area contributed by atoms with E-state index < -0.39 is 83.7 Å². The quantitative estimate of drug-likeness (QED) is 0.0133. The second-order valence-electron chi connectivity index (χ2n) is 20.3. The fourth-order valence-corrected chi connectivity index (χ4v) is 10.6. The molecule has 0 aliphatic carbocycles. The lowest BCUT2D eigenvalue weighted by Crippen LogP contribution is -2.36. The van der Waals surface area contributed by atoms with Crippen molar-refractivity contribution in [1.29, 1.82) is 0 Å². The molecule has 2 fully saturated rings. The molecule has 2 aliphatic heterocycles. The molecule has 19 nitrogen and oxygen atoms in total. The van der Waals surface area contributed by atoms with Gasteiger partial charge in [-0.05, 0) is 63.4 Å². The Morgan fingerprint density at radius 1 is 0.675 bits per heavy atom. The number of hydrogen-bond donors (Lipinski definition) is 5. The molecule has 77 heavy (non-hydrogen) atoms. The number of nitrogen functional groups attached to an aromatic ring is 1. The number of nitrogens with two attached hydrogens (primary N) is 1. The van der Waals surface area contributed by atoms with Crippen LogP contribution in [0.4, 0.5) is 5.82 Å². The lowest BCUT2D eigenvalue weighted by Gasteiger charge is -2.21. The van der Waals surface area contributed by atoms with Gasteiger partial charge in [0.15, 0.2) is 12.3 Å². The highest BCUT2D eigenvalue weighted by atomic mass is 31.3. The number of aliphatic hydroxyl groups excluding tert-OH is 2. The van der Waals surface area contributed by atoms with Gasteiger partial charge in [-0.25, -0.2) is 13.9 Å². The number of rotatable bonds is 45. The van der Waals surface area contributed by atoms with Crippen LogP contribution >= 0.6 is 15.6 Å². The van der Waals surface area contributed by atoms with E-state index in [1.54, 1.807) is 0 Å². The number of carbonyl (C=O) groups is 2.